The summed E-state index contributed by atoms with van der Waals surface area (Å²) in [5.41, 5.74) is 8.05. The van der Waals surface area contributed by atoms with E-state index in [1.165, 1.54) is 0 Å². The second kappa shape index (κ2) is 11.1. The molecule has 4 rings (SSSR count). The van der Waals surface area contributed by atoms with Crippen molar-refractivity contribution in [2.24, 2.45) is 0 Å². The fraction of sp³-hybridized carbons (Fsp3) is 0.240. The van der Waals surface area contributed by atoms with Crippen molar-refractivity contribution in [1.82, 2.24) is 9.97 Å². The number of nitrogens with two attached hydrogens (primary N) is 1. The average Bonchev–Trinajstić information content (AvgIpc) is 2.82. The standard InChI is InChI=1S/C15H17BrN2O3.C10H9BrN2O/c1-15(2,3)21-14(19)18-12-8-17-11-6-5-9(20-4)7-10(11)13(12)16;1-14-6-2-3-9-7(4-6)10(11)8(12)5-13-9/h5-8H,1-4H3,(H,18,19);2-5H,12H2,1H3. The molecule has 0 aliphatic heterocycles. The van der Waals surface area contributed by atoms with E-state index >= 15 is 0 Å². The number of benzene rings is 2. The van der Waals surface area contributed by atoms with Crippen molar-refractivity contribution in [1.29, 1.82) is 0 Å². The first-order chi connectivity index (χ1) is 16.5. The topological polar surface area (TPSA) is 109 Å². The van der Waals surface area contributed by atoms with Gasteiger partial charge in [0, 0.05) is 10.8 Å². The van der Waals surface area contributed by atoms with Crippen molar-refractivity contribution < 1.29 is 19.0 Å². The van der Waals surface area contributed by atoms with Crippen LogP contribution in [0.4, 0.5) is 16.2 Å². The highest BCUT2D eigenvalue weighted by Crippen LogP contribution is 2.33. The van der Waals surface area contributed by atoms with Crippen molar-refractivity contribution in [3.8, 4) is 11.5 Å². The molecule has 2 aromatic heterocycles. The molecule has 4 aromatic rings. The summed E-state index contributed by atoms with van der Waals surface area (Å²) >= 11 is 6.91. The number of nitrogens with zero attached hydrogens (tertiary/aromatic N) is 2. The van der Waals surface area contributed by atoms with Crippen LogP contribution < -0.4 is 20.5 Å². The number of hydrogen-bond acceptors (Lipinski definition) is 7. The molecule has 35 heavy (non-hydrogen) atoms. The zero-order valence-electron chi connectivity index (χ0n) is 20.0. The first-order valence-electron chi connectivity index (χ1n) is 10.5. The van der Waals surface area contributed by atoms with E-state index in [0.717, 1.165) is 42.3 Å². The third-order valence-electron chi connectivity index (χ3n) is 4.68. The van der Waals surface area contributed by atoms with Crippen molar-refractivity contribution in [3.05, 3.63) is 57.7 Å². The first kappa shape index (κ1) is 26.5. The number of aromatic nitrogens is 2. The number of fused-ring (bicyclic) bond motifs is 2. The summed E-state index contributed by atoms with van der Waals surface area (Å²) in [4.78, 5) is 20.4. The number of nitrogen functional groups attached to an aromatic ring is 1. The molecule has 0 bridgehead atoms. The second-order valence-electron chi connectivity index (χ2n) is 8.41. The van der Waals surface area contributed by atoms with Crippen LogP contribution in [-0.2, 0) is 4.74 Å². The van der Waals surface area contributed by atoms with E-state index in [1.807, 2.05) is 57.2 Å². The number of ether oxygens (including phenoxy) is 3. The van der Waals surface area contributed by atoms with Crippen LogP contribution in [-0.4, -0.2) is 35.9 Å². The number of carbonyl (C=O) groups excluding carboxylic acids is 1. The van der Waals surface area contributed by atoms with Crippen LogP contribution in [0, 0.1) is 0 Å². The summed E-state index contributed by atoms with van der Waals surface area (Å²) in [6.45, 7) is 5.43. The zero-order valence-corrected chi connectivity index (χ0v) is 23.2. The molecule has 2 aromatic carbocycles. The lowest BCUT2D eigenvalue weighted by Gasteiger charge is -2.20. The lowest BCUT2D eigenvalue weighted by molar-refractivity contribution is 0.0636. The van der Waals surface area contributed by atoms with Crippen LogP contribution in [0.1, 0.15) is 20.8 Å². The molecule has 0 saturated carbocycles. The number of hydrogen-bond donors (Lipinski definition) is 2. The summed E-state index contributed by atoms with van der Waals surface area (Å²) in [5, 5.41) is 4.50. The Morgan fingerprint density at radius 3 is 1.91 bits per heavy atom. The van der Waals surface area contributed by atoms with Gasteiger partial charge >= 0.3 is 6.09 Å². The quantitative estimate of drug-likeness (QED) is 0.260. The summed E-state index contributed by atoms with van der Waals surface area (Å²) in [7, 11) is 3.24. The SMILES string of the molecule is COc1ccc2ncc(N)c(Br)c2c1.COc1ccc2ncc(NC(=O)OC(C)(C)C)c(Br)c2c1. The summed E-state index contributed by atoms with van der Waals surface area (Å²) in [6.07, 6.45) is 2.70. The van der Waals surface area contributed by atoms with E-state index < -0.39 is 11.7 Å². The normalized spacial score (nSPS) is 10.9. The lowest BCUT2D eigenvalue weighted by atomic mass is 10.2. The zero-order chi connectivity index (χ0) is 25.8. The number of halogens is 2. The average molecular weight is 606 g/mol. The van der Waals surface area contributed by atoms with Crippen molar-refractivity contribution in [3.63, 3.8) is 0 Å². The number of carbonyl (C=O) groups is 1. The Morgan fingerprint density at radius 1 is 0.886 bits per heavy atom. The molecule has 0 fully saturated rings. The van der Waals surface area contributed by atoms with Gasteiger partial charge in [-0.3, -0.25) is 15.3 Å². The summed E-state index contributed by atoms with van der Waals surface area (Å²) < 4.78 is 17.2. The van der Waals surface area contributed by atoms with E-state index in [-0.39, 0.29) is 0 Å². The minimum Gasteiger partial charge on any atom is -0.497 e. The van der Waals surface area contributed by atoms with E-state index in [4.69, 9.17) is 19.9 Å². The highest BCUT2D eigenvalue weighted by Gasteiger charge is 2.18. The van der Waals surface area contributed by atoms with Gasteiger partial charge in [0.1, 0.15) is 17.1 Å². The maximum absolute atomic E-state index is 11.8. The Bertz CT molecular complexity index is 1370. The Labute approximate surface area is 220 Å². The van der Waals surface area contributed by atoms with Gasteiger partial charge in [-0.25, -0.2) is 4.79 Å². The molecule has 0 atom stereocenters. The van der Waals surface area contributed by atoms with Crippen LogP contribution >= 0.6 is 31.9 Å². The fourth-order valence-electron chi connectivity index (χ4n) is 3.05. The lowest BCUT2D eigenvalue weighted by Crippen LogP contribution is -2.27. The van der Waals surface area contributed by atoms with Crippen LogP contribution in [0.3, 0.4) is 0 Å². The van der Waals surface area contributed by atoms with Gasteiger partial charge in [-0.15, -0.1) is 0 Å². The Balaban J connectivity index is 0.000000211. The number of rotatable bonds is 3. The van der Waals surface area contributed by atoms with E-state index in [0.29, 0.717) is 11.4 Å². The van der Waals surface area contributed by atoms with Gasteiger partial charge < -0.3 is 19.9 Å². The molecule has 0 saturated heterocycles. The Kier molecular flexibility index (Phi) is 8.39. The number of amides is 1. The molecule has 0 radical (unpaired) electrons. The first-order valence-corrected chi connectivity index (χ1v) is 12.1. The molecule has 3 N–H and O–H groups in total. The molecule has 0 unspecified atom stereocenters. The van der Waals surface area contributed by atoms with E-state index in [2.05, 4.69) is 47.1 Å². The molecule has 1 amide bonds. The molecule has 10 heteroatoms. The molecule has 2 heterocycles. The number of pyridine rings is 2. The van der Waals surface area contributed by atoms with Gasteiger partial charge in [-0.2, -0.15) is 0 Å². The van der Waals surface area contributed by atoms with Crippen LogP contribution in [0.5, 0.6) is 11.5 Å². The number of nitrogens with one attached hydrogen (secondary N) is 1. The molecule has 184 valence electrons. The predicted molar refractivity (Wildman–Crippen MR) is 146 cm³/mol. The molecular formula is C25H26Br2N4O4. The summed E-state index contributed by atoms with van der Waals surface area (Å²) in [5.74, 6) is 1.52. The second-order valence-corrected chi connectivity index (χ2v) is 9.99. The smallest absolute Gasteiger partial charge is 0.412 e. The third-order valence-corrected chi connectivity index (χ3v) is 6.42. The molecule has 8 nitrogen and oxygen atoms in total. The fourth-order valence-corrected chi connectivity index (χ4v) is 3.99. The van der Waals surface area contributed by atoms with E-state index in [9.17, 15) is 4.79 Å². The number of methoxy groups -OCH3 is 2. The van der Waals surface area contributed by atoms with Gasteiger partial charge in [-0.05, 0) is 89.0 Å². The van der Waals surface area contributed by atoms with Crippen LogP contribution in [0.2, 0.25) is 0 Å². The molecule has 0 aliphatic carbocycles. The van der Waals surface area contributed by atoms with Crippen LogP contribution in [0.15, 0.2) is 57.7 Å². The van der Waals surface area contributed by atoms with E-state index in [1.54, 1.807) is 26.6 Å². The Hall–Kier alpha value is -3.11. The van der Waals surface area contributed by atoms with Gasteiger partial charge in [0.25, 0.3) is 0 Å². The highest BCUT2D eigenvalue weighted by molar-refractivity contribution is 9.11. The Morgan fingerprint density at radius 2 is 1.40 bits per heavy atom. The van der Waals surface area contributed by atoms with Crippen molar-refractivity contribution >= 4 is 71.1 Å². The largest absolute Gasteiger partial charge is 0.497 e. The summed E-state index contributed by atoms with van der Waals surface area (Å²) in [6, 6.07) is 11.2. The molecule has 0 aliphatic rings. The maximum Gasteiger partial charge on any atom is 0.412 e. The monoisotopic (exact) mass is 604 g/mol. The van der Waals surface area contributed by atoms with Gasteiger partial charge in [0.2, 0.25) is 0 Å². The minimum atomic E-state index is -0.552. The van der Waals surface area contributed by atoms with Crippen molar-refractivity contribution in [2.45, 2.75) is 26.4 Å². The molecule has 0 spiro atoms. The molecular weight excluding hydrogens is 580 g/mol. The maximum atomic E-state index is 11.8. The third kappa shape index (κ3) is 6.73. The predicted octanol–water partition coefficient (Wildman–Crippen LogP) is 6.94. The van der Waals surface area contributed by atoms with Gasteiger partial charge in [0.05, 0.1) is 58.0 Å². The van der Waals surface area contributed by atoms with Gasteiger partial charge in [0.15, 0.2) is 0 Å². The number of anilines is 2. The van der Waals surface area contributed by atoms with Gasteiger partial charge in [-0.1, -0.05) is 0 Å². The van der Waals surface area contributed by atoms with Crippen LogP contribution in [0.25, 0.3) is 21.8 Å². The van der Waals surface area contributed by atoms with Crippen molar-refractivity contribution in [2.75, 3.05) is 25.3 Å². The highest BCUT2D eigenvalue weighted by atomic mass is 79.9. The minimum absolute atomic E-state index is 0.521.